The van der Waals surface area contributed by atoms with Gasteiger partial charge in [0.2, 0.25) is 0 Å². The second-order valence-corrected chi connectivity index (χ2v) is 5.58. The lowest BCUT2D eigenvalue weighted by Crippen LogP contribution is -2.46. The van der Waals surface area contributed by atoms with E-state index in [9.17, 15) is 4.79 Å². The summed E-state index contributed by atoms with van der Waals surface area (Å²) in [7, 11) is 0. The average molecular weight is 339 g/mol. The molecule has 1 aromatic carbocycles. The summed E-state index contributed by atoms with van der Waals surface area (Å²) in [4.78, 5) is 12.4. The normalized spacial score (nSPS) is 19.5. The number of hydrogen-bond donors (Lipinski definition) is 2. The molecule has 2 aliphatic heterocycles. The Morgan fingerprint density at radius 1 is 1.48 bits per heavy atom. The van der Waals surface area contributed by atoms with Crippen molar-refractivity contribution in [2.24, 2.45) is 0 Å². The zero-order valence-electron chi connectivity index (χ0n) is 13.3. The Kier molecular flexibility index (Phi) is 6.30. The SMILES string of the molecule is CCOc1cccc2c1OCC(C(=O)N[C@H]1CCCNC1)=C2.Cl. The second kappa shape index (κ2) is 8.22. The van der Waals surface area contributed by atoms with E-state index in [2.05, 4.69) is 10.6 Å². The minimum absolute atomic E-state index is 0. The molecule has 1 atom stereocenters. The van der Waals surface area contributed by atoms with Crippen LogP contribution in [0.4, 0.5) is 0 Å². The lowest BCUT2D eigenvalue weighted by Gasteiger charge is -2.25. The summed E-state index contributed by atoms with van der Waals surface area (Å²) in [5, 5.41) is 6.38. The molecule has 2 heterocycles. The van der Waals surface area contributed by atoms with E-state index in [-0.39, 0.29) is 31.0 Å². The average Bonchev–Trinajstić information content (AvgIpc) is 2.56. The summed E-state index contributed by atoms with van der Waals surface area (Å²) in [5.41, 5.74) is 1.55. The largest absolute Gasteiger partial charge is 0.490 e. The quantitative estimate of drug-likeness (QED) is 0.883. The van der Waals surface area contributed by atoms with Gasteiger partial charge in [0.25, 0.3) is 5.91 Å². The van der Waals surface area contributed by atoms with Crippen LogP contribution in [0.1, 0.15) is 25.3 Å². The van der Waals surface area contributed by atoms with Gasteiger partial charge in [-0.25, -0.2) is 0 Å². The third kappa shape index (κ3) is 4.18. The maximum absolute atomic E-state index is 12.4. The molecule has 1 saturated heterocycles. The Morgan fingerprint density at radius 3 is 3.09 bits per heavy atom. The van der Waals surface area contributed by atoms with Crippen LogP contribution in [0.15, 0.2) is 23.8 Å². The minimum atomic E-state index is -0.0406. The van der Waals surface area contributed by atoms with Gasteiger partial charge in [-0.15, -0.1) is 12.4 Å². The van der Waals surface area contributed by atoms with Gasteiger partial charge in [0.1, 0.15) is 6.61 Å². The van der Waals surface area contributed by atoms with Crippen molar-refractivity contribution in [1.82, 2.24) is 10.6 Å². The first kappa shape index (κ1) is 17.6. The molecule has 0 aromatic heterocycles. The molecule has 0 saturated carbocycles. The molecule has 6 heteroatoms. The lowest BCUT2D eigenvalue weighted by atomic mass is 10.0. The monoisotopic (exact) mass is 338 g/mol. The van der Waals surface area contributed by atoms with E-state index in [1.807, 2.05) is 31.2 Å². The van der Waals surface area contributed by atoms with Crippen molar-refractivity contribution in [1.29, 1.82) is 0 Å². The Labute approximate surface area is 142 Å². The Bertz CT molecular complexity index is 583. The Balaban J connectivity index is 0.00000192. The molecule has 1 amide bonds. The van der Waals surface area contributed by atoms with E-state index in [1.54, 1.807) is 0 Å². The second-order valence-electron chi connectivity index (χ2n) is 5.58. The number of benzene rings is 1. The first-order valence-corrected chi connectivity index (χ1v) is 7.88. The molecule has 1 fully saturated rings. The topological polar surface area (TPSA) is 59.6 Å². The molecule has 23 heavy (non-hydrogen) atoms. The zero-order valence-corrected chi connectivity index (χ0v) is 14.1. The predicted molar refractivity (Wildman–Crippen MR) is 92.4 cm³/mol. The van der Waals surface area contributed by atoms with Crippen molar-refractivity contribution < 1.29 is 14.3 Å². The fraction of sp³-hybridized carbons (Fsp3) is 0.471. The molecule has 3 rings (SSSR count). The molecule has 0 aliphatic carbocycles. The number of ether oxygens (including phenoxy) is 2. The van der Waals surface area contributed by atoms with Gasteiger partial charge in [-0.2, -0.15) is 0 Å². The number of rotatable bonds is 4. The van der Waals surface area contributed by atoms with E-state index in [1.165, 1.54) is 0 Å². The number of piperidine rings is 1. The Morgan fingerprint density at radius 2 is 2.35 bits per heavy atom. The highest BCUT2D eigenvalue weighted by Gasteiger charge is 2.22. The van der Waals surface area contributed by atoms with Gasteiger partial charge in [-0.3, -0.25) is 4.79 Å². The smallest absolute Gasteiger partial charge is 0.250 e. The summed E-state index contributed by atoms with van der Waals surface area (Å²) in [6.07, 6.45) is 4.02. The number of carbonyl (C=O) groups is 1. The van der Waals surface area contributed by atoms with E-state index in [0.29, 0.717) is 12.2 Å². The van der Waals surface area contributed by atoms with Gasteiger partial charge < -0.3 is 20.1 Å². The van der Waals surface area contributed by atoms with Crippen molar-refractivity contribution in [3.63, 3.8) is 0 Å². The maximum Gasteiger partial charge on any atom is 0.250 e. The highest BCUT2D eigenvalue weighted by Crippen LogP contribution is 2.35. The maximum atomic E-state index is 12.4. The summed E-state index contributed by atoms with van der Waals surface area (Å²) >= 11 is 0. The Hall–Kier alpha value is -1.72. The molecule has 1 aromatic rings. The summed E-state index contributed by atoms with van der Waals surface area (Å²) in [5.74, 6) is 1.41. The third-order valence-electron chi connectivity index (χ3n) is 3.93. The van der Waals surface area contributed by atoms with Crippen LogP contribution in [0.3, 0.4) is 0 Å². The first-order chi connectivity index (χ1) is 10.8. The number of halogens is 1. The molecule has 126 valence electrons. The van der Waals surface area contributed by atoms with Crippen LogP contribution in [0.2, 0.25) is 0 Å². The summed E-state index contributed by atoms with van der Waals surface area (Å²) < 4.78 is 11.3. The van der Waals surface area contributed by atoms with E-state index < -0.39 is 0 Å². The summed E-state index contributed by atoms with van der Waals surface area (Å²) in [6.45, 7) is 4.68. The molecular formula is C17H23ClN2O3. The lowest BCUT2D eigenvalue weighted by molar-refractivity contribution is -0.118. The van der Waals surface area contributed by atoms with Crippen LogP contribution < -0.4 is 20.1 Å². The van der Waals surface area contributed by atoms with Gasteiger partial charge in [-0.05, 0) is 38.5 Å². The van der Waals surface area contributed by atoms with E-state index >= 15 is 0 Å². The van der Waals surface area contributed by atoms with Crippen molar-refractivity contribution in [2.75, 3.05) is 26.3 Å². The first-order valence-electron chi connectivity index (χ1n) is 7.88. The van der Waals surface area contributed by atoms with Gasteiger partial charge >= 0.3 is 0 Å². The van der Waals surface area contributed by atoms with Crippen molar-refractivity contribution >= 4 is 24.4 Å². The van der Waals surface area contributed by atoms with Crippen LogP contribution in [0, 0.1) is 0 Å². The minimum Gasteiger partial charge on any atom is -0.490 e. The number of carbonyl (C=O) groups excluding carboxylic acids is 1. The fourth-order valence-electron chi connectivity index (χ4n) is 2.83. The summed E-state index contributed by atoms with van der Waals surface area (Å²) in [6, 6.07) is 5.94. The van der Waals surface area contributed by atoms with Crippen molar-refractivity contribution in [3.05, 3.63) is 29.3 Å². The third-order valence-corrected chi connectivity index (χ3v) is 3.93. The standard InChI is InChI=1S/C17H22N2O3.ClH/c1-2-21-15-7-3-5-12-9-13(11-22-16(12)15)17(20)19-14-6-4-8-18-10-14;/h3,5,7,9,14,18H,2,4,6,8,10-11H2,1H3,(H,19,20);1H/t14-;/m0./s1. The molecule has 0 unspecified atom stereocenters. The molecule has 2 N–H and O–H groups in total. The molecular weight excluding hydrogens is 316 g/mol. The van der Waals surface area contributed by atoms with Gasteiger partial charge in [0.15, 0.2) is 11.5 Å². The fourth-order valence-corrected chi connectivity index (χ4v) is 2.83. The van der Waals surface area contributed by atoms with Crippen LogP contribution in [0.25, 0.3) is 6.08 Å². The van der Waals surface area contributed by atoms with Crippen LogP contribution >= 0.6 is 12.4 Å². The highest BCUT2D eigenvalue weighted by molar-refractivity contribution is 5.99. The number of amides is 1. The van der Waals surface area contributed by atoms with Gasteiger partial charge in [0, 0.05) is 18.2 Å². The molecule has 0 spiro atoms. The number of hydrogen-bond acceptors (Lipinski definition) is 4. The van der Waals surface area contributed by atoms with Gasteiger partial charge in [-0.1, -0.05) is 12.1 Å². The molecule has 2 aliphatic rings. The molecule has 0 radical (unpaired) electrons. The van der Waals surface area contributed by atoms with Crippen LogP contribution in [-0.4, -0.2) is 38.3 Å². The van der Waals surface area contributed by atoms with E-state index in [4.69, 9.17) is 9.47 Å². The van der Waals surface area contributed by atoms with Crippen LogP contribution in [0.5, 0.6) is 11.5 Å². The van der Waals surface area contributed by atoms with Crippen molar-refractivity contribution in [3.8, 4) is 11.5 Å². The number of fused-ring (bicyclic) bond motifs is 1. The van der Waals surface area contributed by atoms with Crippen LogP contribution in [-0.2, 0) is 4.79 Å². The number of nitrogens with one attached hydrogen (secondary N) is 2. The molecule has 0 bridgehead atoms. The predicted octanol–water partition coefficient (Wildman–Crippen LogP) is 2.15. The molecule has 5 nitrogen and oxygen atoms in total. The van der Waals surface area contributed by atoms with Crippen molar-refractivity contribution in [2.45, 2.75) is 25.8 Å². The zero-order chi connectivity index (χ0) is 15.4. The van der Waals surface area contributed by atoms with Gasteiger partial charge in [0.05, 0.1) is 12.2 Å². The highest BCUT2D eigenvalue weighted by atomic mass is 35.5. The van der Waals surface area contributed by atoms with E-state index in [0.717, 1.165) is 43.0 Å². The number of para-hydroxylation sites is 1.